The summed E-state index contributed by atoms with van der Waals surface area (Å²) in [6.07, 6.45) is 3.93. The van der Waals surface area contributed by atoms with E-state index < -0.39 is 0 Å². The fourth-order valence-corrected chi connectivity index (χ4v) is 2.81. The van der Waals surface area contributed by atoms with Gasteiger partial charge >= 0.3 is 0 Å². The third kappa shape index (κ3) is 2.86. The van der Waals surface area contributed by atoms with Crippen molar-refractivity contribution in [1.82, 2.24) is 5.32 Å². The van der Waals surface area contributed by atoms with Crippen molar-refractivity contribution in [1.29, 1.82) is 0 Å². The zero-order chi connectivity index (χ0) is 11.5. The van der Waals surface area contributed by atoms with Gasteiger partial charge in [0, 0.05) is 4.47 Å². The monoisotopic (exact) mass is 281 g/mol. The molecule has 1 N–H and O–H groups in total. The third-order valence-electron chi connectivity index (χ3n) is 3.42. The molecule has 0 saturated carbocycles. The summed E-state index contributed by atoms with van der Waals surface area (Å²) in [6.45, 7) is 6.75. The summed E-state index contributed by atoms with van der Waals surface area (Å²) < 4.78 is 1.26. The summed E-state index contributed by atoms with van der Waals surface area (Å²) in [5.41, 5.74) is 4.21. The average Bonchev–Trinajstić information content (AvgIpc) is 2.27. The average molecular weight is 282 g/mol. The smallest absolute Gasteiger partial charge is 0.0233 e. The summed E-state index contributed by atoms with van der Waals surface area (Å²) in [4.78, 5) is 0. The fourth-order valence-electron chi connectivity index (χ4n) is 2.58. The maximum absolute atomic E-state index is 3.63. The SMILES string of the molecule is Cc1cc(CC2CCCNC2)cc(C)c1Br. The first-order valence-electron chi connectivity index (χ1n) is 6.13. The Labute approximate surface area is 107 Å². The van der Waals surface area contributed by atoms with Crippen molar-refractivity contribution in [2.45, 2.75) is 33.1 Å². The van der Waals surface area contributed by atoms with E-state index in [1.807, 2.05) is 0 Å². The number of rotatable bonds is 2. The number of halogens is 1. The number of nitrogens with one attached hydrogen (secondary N) is 1. The Morgan fingerprint density at radius 1 is 1.31 bits per heavy atom. The normalized spacial score (nSPS) is 21.1. The van der Waals surface area contributed by atoms with Gasteiger partial charge in [-0.3, -0.25) is 0 Å². The van der Waals surface area contributed by atoms with Gasteiger partial charge in [-0.15, -0.1) is 0 Å². The van der Waals surface area contributed by atoms with Crippen molar-refractivity contribution >= 4 is 15.9 Å². The van der Waals surface area contributed by atoms with E-state index in [2.05, 4.69) is 47.2 Å². The molecule has 0 spiro atoms. The van der Waals surface area contributed by atoms with Gasteiger partial charge in [-0.2, -0.15) is 0 Å². The van der Waals surface area contributed by atoms with Crippen molar-refractivity contribution in [3.8, 4) is 0 Å². The van der Waals surface area contributed by atoms with Crippen LogP contribution in [0.2, 0.25) is 0 Å². The van der Waals surface area contributed by atoms with Crippen LogP contribution in [0.4, 0.5) is 0 Å². The maximum atomic E-state index is 3.63. The number of hydrogen-bond donors (Lipinski definition) is 1. The molecule has 1 nitrogen and oxygen atoms in total. The lowest BCUT2D eigenvalue weighted by atomic mass is 9.91. The minimum absolute atomic E-state index is 0.828. The molecular weight excluding hydrogens is 262 g/mol. The minimum atomic E-state index is 0.828. The highest BCUT2D eigenvalue weighted by atomic mass is 79.9. The van der Waals surface area contributed by atoms with E-state index in [0.717, 1.165) is 5.92 Å². The molecule has 2 rings (SSSR count). The van der Waals surface area contributed by atoms with E-state index in [1.54, 1.807) is 0 Å². The van der Waals surface area contributed by atoms with Crippen LogP contribution in [0.15, 0.2) is 16.6 Å². The molecule has 88 valence electrons. The van der Waals surface area contributed by atoms with Crippen molar-refractivity contribution < 1.29 is 0 Å². The zero-order valence-corrected chi connectivity index (χ0v) is 11.7. The molecule has 16 heavy (non-hydrogen) atoms. The Bertz CT molecular complexity index is 344. The summed E-state index contributed by atoms with van der Waals surface area (Å²) in [7, 11) is 0. The predicted octanol–water partition coefficient (Wildman–Crippen LogP) is 3.61. The Hall–Kier alpha value is -0.340. The Morgan fingerprint density at radius 3 is 2.56 bits per heavy atom. The van der Waals surface area contributed by atoms with Crippen molar-refractivity contribution in [3.63, 3.8) is 0 Å². The highest BCUT2D eigenvalue weighted by molar-refractivity contribution is 9.10. The van der Waals surface area contributed by atoms with Crippen LogP contribution in [-0.2, 0) is 6.42 Å². The van der Waals surface area contributed by atoms with Crippen LogP contribution in [0.1, 0.15) is 29.5 Å². The van der Waals surface area contributed by atoms with E-state index in [0.29, 0.717) is 0 Å². The van der Waals surface area contributed by atoms with E-state index >= 15 is 0 Å². The fraction of sp³-hybridized carbons (Fsp3) is 0.571. The molecule has 1 saturated heterocycles. The second-order valence-electron chi connectivity index (χ2n) is 4.96. The molecule has 0 aliphatic carbocycles. The molecule has 1 aromatic rings. The van der Waals surface area contributed by atoms with Gasteiger partial charge in [0.1, 0.15) is 0 Å². The van der Waals surface area contributed by atoms with E-state index in [9.17, 15) is 0 Å². The van der Waals surface area contributed by atoms with Crippen LogP contribution >= 0.6 is 15.9 Å². The van der Waals surface area contributed by atoms with Gasteiger partial charge < -0.3 is 5.32 Å². The predicted molar refractivity (Wildman–Crippen MR) is 72.9 cm³/mol. The summed E-state index contributed by atoms with van der Waals surface area (Å²) in [5, 5.41) is 3.49. The molecule has 0 radical (unpaired) electrons. The Balaban J connectivity index is 2.09. The van der Waals surface area contributed by atoms with Gasteiger partial charge in [0.25, 0.3) is 0 Å². The standard InChI is InChI=1S/C14H20BrN/c1-10-6-13(7-11(2)14(10)15)8-12-4-3-5-16-9-12/h6-7,12,16H,3-5,8-9H2,1-2H3. The second kappa shape index (κ2) is 5.33. The first kappa shape index (κ1) is 12.1. The van der Waals surface area contributed by atoms with Gasteiger partial charge in [0.05, 0.1) is 0 Å². The second-order valence-corrected chi connectivity index (χ2v) is 5.75. The molecule has 1 fully saturated rings. The Morgan fingerprint density at radius 2 is 2.00 bits per heavy atom. The summed E-state index contributed by atoms with van der Waals surface area (Å²) >= 11 is 3.63. The van der Waals surface area contributed by atoms with Gasteiger partial charge in [-0.1, -0.05) is 28.1 Å². The molecule has 1 atom stereocenters. The summed E-state index contributed by atoms with van der Waals surface area (Å²) in [5.74, 6) is 0.828. The number of benzene rings is 1. The highest BCUT2D eigenvalue weighted by Crippen LogP contribution is 2.25. The van der Waals surface area contributed by atoms with Crippen LogP contribution < -0.4 is 5.32 Å². The maximum Gasteiger partial charge on any atom is 0.0233 e. The van der Waals surface area contributed by atoms with E-state index in [4.69, 9.17) is 0 Å². The molecule has 1 aliphatic heterocycles. The number of hydrogen-bond acceptors (Lipinski definition) is 1. The molecule has 1 aromatic carbocycles. The molecule has 1 heterocycles. The van der Waals surface area contributed by atoms with Crippen LogP contribution in [0.5, 0.6) is 0 Å². The lowest BCUT2D eigenvalue weighted by Gasteiger charge is -2.23. The first-order chi connectivity index (χ1) is 7.66. The first-order valence-corrected chi connectivity index (χ1v) is 6.92. The molecule has 0 amide bonds. The quantitative estimate of drug-likeness (QED) is 0.873. The molecule has 1 aliphatic rings. The van der Waals surface area contributed by atoms with Gasteiger partial charge in [-0.05, 0) is 68.8 Å². The van der Waals surface area contributed by atoms with Gasteiger partial charge in [-0.25, -0.2) is 0 Å². The van der Waals surface area contributed by atoms with Crippen LogP contribution in [0, 0.1) is 19.8 Å². The topological polar surface area (TPSA) is 12.0 Å². The van der Waals surface area contributed by atoms with Crippen LogP contribution in [0.3, 0.4) is 0 Å². The molecule has 0 aromatic heterocycles. The lowest BCUT2D eigenvalue weighted by Crippen LogP contribution is -2.30. The van der Waals surface area contributed by atoms with E-state index in [1.165, 1.54) is 53.5 Å². The van der Waals surface area contributed by atoms with Crippen molar-refractivity contribution in [2.24, 2.45) is 5.92 Å². The number of piperidine rings is 1. The summed E-state index contributed by atoms with van der Waals surface area (Å²) in [6, 6.07) is 4.65. The highest BCUT2D eigenvalue weighted by Gasteiger charge is 2.14. The third-order valence-corrected chi connectivity index (χ3v) is 4.67. The largest absolute Gasteiger partial charge is 0.316 e. The zero-order valence-electron chi connectivity index (χ0n) is 10.1. The Kier molecular flexibility index (Phi) is 4.04. The molecule has 2 heteroatoms. The van der Waals surface area contributed by atoms with E-state index in [-0.39, 0.29) is 0 Å². The van der Waals surface area contributed by atoms with Gasteiger partial charge in [0.15, 0.2) is 0 Å². The van der Waals surface area contributed by atoms with Crippen molar-refractivity contribution in [3.05, 3.63) is 33.3 Å². The molecule has 0 bridgehead atoms. The molecular formula is C14H20BrN. The minimum Gasteiger partial charge on any atom is -0.316 e. The van der Waals surface area contributed by atoms with Crippen LogP contribution in [0.25, 0.3) is 0 Å². The number of aryl methyl sites for hydroxylation is 2. The van der Waals surface area contributed by atoms with Gasteiger partial charge in [0.2, 0.25) is 0 Å². The molecule has 1 unspecified atom stereocenters. The lowest BCUT2D eigenvalue weighted by molar-refractivity contribution is 0.376. The van der Waals surface area contributed by atoms with Crippen LogP contribution in [-0.4, -0.2) is 13.1 Å². The van der Waals surface area contributed by atoms with Crippen molar-refractivity contribution in [2.75, 3.05) is 13.1 Å².